The highest BCUT2D eigenvalue weighted by atomic mass is 16.4. The molecule has 0 aliphatic heterocycles. The molecule has 0 fully saturated rings. The molecule has 1 aromatic heterocycles. The lowest BCUT2D eigenvalue weighted by molar-refractivity contribution is 0.0688. The van der Waals surface area contributed by atoms with Gasteiger partial charge >= 0.3 is 11.7 Å². The van der Waals surface area contributed by atoms with Crippen molar-refractivity contribution in [2.45, 2.75) is 19.8 Å². The Kier molecular flexibility index (Phi) is 3.46. The van der Waals surface area contributed by atoms with Crippen LogP contribution in [0.5, 0.6) is 0 Å². The molecule has 0 aliphatic carbocycles. The first-order valence-electron chi connectivity index (χ1n) is 5.93. The summed E-state index contributed by atoms with van der Waals surface area (Å²) in [6, 6.07) is 9.11. The van der Waals surface area contributed by atoms with Crippen LogP contribution in [0.15, 0.2) is 35.1 Å². The molecule has 0 saturated heterocycles. The minimum Gasteiger partial charge on any atom is -0.477 e. The number of carboxylic acids is 1. The van der Waals surface area contributed by atoms with E-state index in [4.69, 9.17) is 0 Å². The van der Waals surface area contributed by atoms with Crippen LogP contribution in [0, 0.1) is 0 Å². The third kappa shape index (κ3) is 2.54. The minimum absolute atomic E-state index is 0.0642. The molecule has 2 N–H and O–H groups in total. The Morgan fingerprint density at radius 2 is 1.89 bits per heavy atom. The Bertz CT molecular complexity index is 660. The van der Waals surface area contributed by atoms with Gasteiger partial charge in [0, 0.05) is 11.1 Å². The highest BCUT2D eigenvalue weighted by Crippen LogP contribution is 2.28. The summed E-state index contributed by atoms with van der Waals surface area (Å²) in [6.45, 7) is 3.74. The predicted octanol–water partition coefficient (Wildman–Crippen LogP) is 2.26. The van der Waals surface area contributed by atoms with Crippen LogP contribution < -0.4 is 5.69 Å². The number of benzene rings is 1. The minimum atomic E-state index is -1.15. The van der Waals surface area contributed by atoms with Crippen LogP contribution >= 0.6 is 0 Å². The Balaban J connectivity index is 2.80. The van der Waals surface area contributed by atoms with Gasteiger partial charge in [-0.1, -0.05) is 44.2 Å². The summed E-state index contributed by atoms with van der Waals surface area (Å²) in [6.07, 6.45) is 0. The van der Waals surface area contributed by atoms with Crippen molar-refractivity contribution in [2.24, 2.45) is 0 Å². The Labute approximate surface area is 110 Å². The monoisotopic (exact) mass is 258 g/mol. The van der Waals surface area contributed by atoms with Gasteiger partial charge in [-0.25, -0.2) is 9.59 Å². The summed E-state index contributed by atoms with van der Waals surface area (Å²) < 4.78 is 0. The van der Waals surface area contributed by atoms with E-state index in [1.54, 1.807) is 12.1 Å². The predicted molar refractivity (Wildman–Crippen MR) is 71.3 cm³/mol. The van der Waals surface area contributed by atoms with Crippen molar-refractivity contribution in [1.82, 2.24) is 9.97 Å². The molecule has 0 unspecified atom stereocenters. The first kappa shape index (κ1) is 13.0. The molecule has 0 amide bonds. The fourth-order valence-electron chi connectivity index (χ4n) is 2.03. The highest BCUT2D eigenvalue weighted by Gasteiger charge is 2.20. The lowest BCUT2D eigenvalue weighted by Crippen LogP contribution is -2.21. The maximum atomic E-state index is 11.5. The summed E-state index contributed by atoms with van der Waals surface area (Å²) in [7, 11) is 0. The molecule has 2 aromatic rings. The van der Waals surface area contributed by atoms with Crippen molar-refractivity contribution < 1.29 is 9.90 Å². The number of aromatic carboxylic acids is 1. The van der Waals surface area contributed by atoms with Crippen LogP contribution in [0.3, 0.4) is 0 Å². The number of carbonyl (C=O) groups is 1. The second-order valence-electron chi connectivity index (χ2n) is 4.51. The standard InChI is InChI=1S/C14H14N2O3/c1-8(2)10-11(9-6-4-3-5-7-9)15-14(19)16-12(10)13(17)18/h3-8H,1-2H3,(H,17,18)(H,15,16,19). The molecular formula is C14H14N2O3. The number of carboxylic acid groups (broad SMARTS) is 1. The molecule has 0 spiro atoms. The van der Waals surface area contributed by atoms with E-state index in [9.17, 15) is 14.7 Å². The van der Waals surface area contributed by atoms with Gasteiger partial charge in [-0.2, -0.15) is 4.98 Å². The van der Waals surface area contributed by atoms with E-state index in [0.717, 1.165) is 5.56 Å². The Morgan fingerprint density at radius 1 is 1.26 bits per heavy atom. The molecule has 2 rings (SSSR count). The fourth-order valence-corrected chi connectivity index (χ4v) is 2.03. The van der Waals surface area contributed by atoms with Gasteiger partial charge in [-0.05, 0) is 5.92 Å². The molecule has 98 valence electrons. The van der Waals surface area contributed by atoms with Crippen LogP contribution in [0.25, 0.3) is 11.3 Å². The second kappa shape index (κ2) is 5.06. The summed E-state index contributed by atoms with van der Waals surface area (Å²) in [5.41, 5.74) is 0.962. The molecule has 0 saturated carbocycles. The third-order valence-corrected chi connectivity index (χ3v) is 2.81. The molecule has 0 bridgehead atoms. The number of nitrogens with zero attached hydrogens (tertiary/aromatic N) is 1. The molecular weight excluding hydrogens is 244 g/mol. The van der Waals surface area contributed by atoms with E-state index in [-0.39, 0.29) is 11.6 Å². The first-order valence-corrected chi connectivity index (χ1v) is 5.93. The SMILES string of the molecule is CC(C)c1c(-c2ccccc2)nc(=O)[nH]c1C(=O)O. The average Bonchev–Trinajstić information content (AvgIpc) is 2.38. The highest BCUT2D eigenvalue weighted by molar-refractivity contribution is 5.89. The summed E-state index contributed by atoms with van der Waals surface area (Å²) in [5.74, 6) is -1.22. The number of H-pyrrole nitrogens is 1. The summed E-state index contributed by atoms with van der Waals surface area (Å²) in [5, 5.41) is 9.21. The molecule has 0 atom stereocenters. The van der Waals surface area contributed by atoms with Crippen molar-refractivity contribution in [2.75, 3.05) is 0 Å². The number of hydrogen-bond donors (Lipinski definition) is 2. The van der Waals surface area contributed by atoms with E-state index in [1.165, 1.54) is 0 Å². The molecule has 0 radical (unpaired) electrons. The number of nitrogens with one attached hydrogen (secondary N) is 1. The van der Waals surface area contributed by atoms with Gasteiger partial charge in [0.15, 0.2) is 0 Å². The number of aromatic amines is 1. The van der Waals surface area contributed by atoms with Crippen LogP contribution in [-0.2, 0) is 0 Å². The van der Waals surface area contributed by atoms with Gasteiger partial charge in [-0.3, -0.25) is 4.98 Å². The molecule has 1 heterocycles. The number of aromatic nitrogens is 2. The maximum absolute atomic E-state index is 11.5. The van der Waals surface area contributed by atoms with E-state index < -0.39 is 11.7 Å². The van der Waals surface area contributed by atoms with E-state index >= 15 is 0 Å². The lowest BCUT2D eigenvalue weighted by atomic mass is 9.95. The van der Waals surface area contributed by atoms with Gasteiger partial charge in [0.2, 0.25) is 0 Å². The molecule has 5 heteroatoms. The van der Waals surface area contributed by atoms with Crippen LogP contribution in [-0.4, -0.2) is 21.0 Å². The van der Waals surface area contributed by atoms with Gasteiger partial charge in [-0.15, -0.1) is 0 Å². The van der Waals surface area contributed by atoms with Gasteiger partial charge in [0.25, 0.3) is 0 Å². The van der Waals surface area contributed by atoms with E-state index in [0.29, 0.717) is 11.3 Å². The molecule has 0 aliphatic rings. The average molecular weight is 258 g/mol. The summed E-state index contributed by atoms with van der Waals surface area (Å²) >= 11 is 0. The smallest absolute Gasteiger partial charge is 0.352 e. The topological polar surface area (TPSA) is 83.0 Å². The van der Waals surface area contributed by atoms with Crippen LogP contribution in [0.1, 0.15) is 35.8 Å². The van der Waals surface area contributed by atoms with Crippen molar-refractivity contribution in [3.05, 3.63) is 52.1 Å². The lowest BCUT2D eigenvalue weighted by Gasteiger charge is -2.14. The zero-order valence-electron chi connectivity index (χ0n) is 10.7. The van der Waals surface area contributed by atoms with Crippen molar-refractivity contribution in [1.29, 1.82) is 0 Å². The zero-order chi connectivity index (χ0) is 14.0. The van der Waals surface area contributed by atoms with Gasteiger partial charge < -0.3 is 5.11 Å². The van der Waals surface area contributed by atoms with E-state index in [2.05, 4.69) is 9.97 Å². The van der Waals surface area contributed by atoms with Crippen molar-refractivity contribution >= 4 is 5.97 Å². The van der Waals surface area contributed by atoms with Gasteiger partial charge in [0.1, 0.15) is 5.69 Å². The first-order chi connectivity index (χ1) is 9.00. The number of rotatable bonds is 3. The maximum Gasteiger partial charge on any atom is 0.352 e. The molecule has 19 heavy (non-hydrogen) atoms. The Hall–Kier alpha value is -2.43. The second-order valence-corrected chi connectivity index (χ2v) is 4.51. The Morgan fingerprint density at radius 3 is 2.42 bits per heavy atom. The van der Waals surface area contributed by atoms with Crippen molar-refractivity contribution in [3.63, 3.8) is 0 Å². The fraction of sp³-hybridized carbons (Fsp3) is 0.214. The zero-order valence-corrected chi connectivity index (χ0v) is 10.7. The van der Waals surface area contributed by atoms with Crippen LogP contribution in [0.4, 0.5) is 0 Å². The largest absolute Gasteiger partial charge is 0.477 e. The quantitative estimate of drug-likeness (QED) is 0.884. The van der Waals surface area contributed by atoms with E-state index in [1.807, 2.05) is 32.0 Å². The summed E-state index contributed by atoms with van der Waals surface area (Å²) in [4.78, 5) is 29.0. The normalized spacial score (nSPS) is 10.7. The van der Waals surface area contributed by atoms with Gasteiger partial charge in [0.05, 0.1) is 5.69 Å². The molecule has 1 aromatic carbocycles. The number of hydrogen-bond acceptors (Lipinski definition) is 3. The van der Waals surface area contributed by atoms with Crippen LogP contribution in [0.2, 0.25) is 0 Å². The third-order valence-electron chi connectivity index (χ3n) is 2.81. The van der Waals surface area contributed by atoms with Crippen molar-refractivity contribution in [3.8, 4) is 11.3 Å². The molecule has 5 nitrogen and oxygen atoms in total.